The van der Waals surface area contributed by atoms with Crippen molar-refractivity contribution in [3.8, 4) is 0 Å². The number of benzene rings is 1. The fraction of sp³-hybridized carbons (Fsp3) is 0.214. The molecule has 1 amide bonds. The van der Waals surface area contributed by atoms with Crippen molar-refractivity contribution in [3.63, 3.8) is 0 Å². The van der Waals surface area contributed by atoms with Crippen molar-refractivity contribution in [2.75, 3.05) is 11.1 Å². The molecule has 5 nitrogen and oxygen atoms in total. The van der Waals surface area contributed by atoms with E-state index in [4.69, 9.17) is 5.73 Å². The van der Waals surface area contributed by atoms with Gasteiger partial charge in [-0.15, -0.1) is 11.3 Å². The summed E-state index contributed by atoms with van der Waals surface area (Å²) < 4.78 is 0. The summed E-state index contributed by atoms with van der Waals surface area (Å²) in [6.07, 6.45) is 0.959. The average molecular weight is 289 g/mol. The number of ketones is 1. The highest BCUT2D eigenvalue weighted by Crippen LogP contribution is 2.16. The zero-order valence-electron chi connectivity index (χ0n) is 11.1. The van der Waals surface area contributed by atoms with Gasteiger partial charge in [0.15, 0.2) is 10.9 Å². The lowest BCUT2D eigenvalue weighted by Gasteiger charge is -2.03. The van der Waals surface area contributed by atoms with Gasteiger partial charge in [0.2, 0.25) is 5.91 Å². The Morgan fingerprint density at radius 2 is 2.20 bits per heavy atom. The Kier molecular flexibility index (Phi) is 4.47. The highest BCUT2D eigenvalue weighted by atomic mass is 32.1. The second-order valence-electron chi connectivity index (χ2n) is 4.39. The van der Waals surface area contributed by atoms with Gasteiger partial charge in [-0.2, -0.15) is 0 Å². The maximum atomic E-state index is 11.8. The monoisotopic (exact) mass is 289 g/mol. The summed E-state index contributed by atoms with van der Waals surface area (Å²) in [6, 6.07) is 7.45. The van der Waals surface area contributed by atoms with E-state index in [9.17, 15) is 9.59 Å². The van der Waals surface area contributed by atoms with Crippen molar-refractivity contribution < 1.29 is 9.59 Å². The molecule has 0 atom stereocenters. The number of carbonyl (C=O) groups excluding carboxylic acids is 2. The minimum atomic E-state index is -0.128. The molecular formula is C14H15N3O2S. The number of amides is 1. The van der Waals surface area contributed by atoms with Gasteiger partial charge in [-0.3, -0.25) is 9.59 Å². The van der Waals surface area contributed by atoms with Crippen LogP contribution in [0.1, 0.15) is 29.4 Å². The van der Waals surface area contributed by atoms with E-state index in [2.05, 4.69) is 10.3 Å². The van der Waals surface area contributed by atoms with Gasteiger partial charge < -0.3 is 11.1 Å². The van der Waals surface area contributed by atoms with Gasteiger partial charge in [0.1, 0.15) is 5.69 Å². The number of thiazole rings is 1. The molecule has 1 aromatic heterocycles. The zero-order valence-corrected chi connectivity index (χ0v) is 11.9. The quantitative estimate of drug-likeness (QED) is 0.654. The second kappa shape index (κ2) is 6.29. The first kappa shape index (κ1) is 14.2. The van der Waals surface area contributed by atoms with Crippen LogP contribution in [0, 0.1) is 0 Å². The minimum absolute atomic E-state index is 0.110. The van der Waals surface area contributed by atoms with Crippen LogP contribution < -0.4 is 11.1 Å². The van der Waals surface area contributed by atoms with Crippen molar-refractivity contribution in [3.05, 3.63) is 40.9 Å². The van der Waals surface area contributed by atoms with Crippen molar-refractivity contribution in [2.45, 2.75) is 19.8 Å². The normalized spacial score (nSPS) is 10.2. The van der Waals surface area contributed by atoms with Crippen molar-refractivity contribution in [1.29, 1.82) is 0 Å². The molecule has 0 unspecified atom stereocenters. The fourth-order valence-electron chi connectivity index (χ4n) is 1.68. The summed E-state index contributed by atoms with van der Waals surface area (Å²) in [4.78, 5) is 26.9. The van der Waals surface area contributed by atoms with Crippen molar-refractivity contribution in [2.24, 2.45) is 0 Å². The Hall–Kier alpha value is -2.21. The van der Waals surface area contributed by atoms with E-state index >= 15 is 0 Å². The number of hydrogen-bond donors (Lipinski definition) is 2. The molecule has 0 fully saturated rings. The van der Waals surface area contributed by atoms with Crippen LogP contribution in [0.2, 0.25) is 0 Å². The third-order valence-electron chi connectivity index (χ3n) is 2.70. The molecule has 6 heteroatoms. The highest BCUT2D eigenvalue weighted by Gasteiger charge is 2.09. The van der Waals surface area contributed by atoms with E-state index in [1.165, 1.54) is 18.3 Å². The second-order valence-corrected chi connectivity index (χ2v) is 5.25. The van der Waals surface area contributed by atoms with Gasteiger partial charge in [-0.25, -0.2) is 4.98 Å². The summed E-state index contributed by atoms with van der Waals surface area (Å²) in [5.41, 5.74) is 7.76. The van der Waals surface area contributed by atoms with Crippen LogP contribution in [-0.2, 0) is 11.2 Å². The van der Waals surface area contributed by atoms with Crippen LogP contribution in [0.15, 0.2) is 29.6 Å². The Balaban J connectivity index is 1.87. The van der Waals surface area contributed by atoms with Crippen molar-refractivity contribution in [1.82, 2.24) is 4.98 Å². The molecule has 0 bridgehead atoms. The molecule has 0 aliphatic heterocycles. The van der Waals surface area contributed by atoms with E-state index in [1.54, 1.807) is 5.38 Å². The number of carbonyl (C=O) groups is 2. The number of aromatic nitrogens is 1. The lowest BCUT2D eigenvalue weighted by molar-refractivity contribution is -0.116. The topological polar surface area (TPSA) is 85.1 Å². The first-order valence-corrected chi connectivity index (χ1v) is 7.03. The molecule has 0 saturated carbocycles. The first-order valence-electron chi connectivity index (χ1n) is 6.15. The zero-order chi connectivity index (χ0) is 14.5. The highest BCUT2D eigenvalue weighted by molar-refractivity contribution is 7.14. The number of anilines is 2. The molecule has 1 heterocycles. The van der Waals surface area contributed by atoms with E-state index in [-0.39, 0.29) is 11.7 Å². The fourth-order valence-corrected chi connectivity index (χ4v) is 2.45. The molecule has 0 aliphatic carbocycles. The van der Waals surface area contributed by atoms with E-state index in [1.807, 2.05) is 24.3 Å². The number of nitrogens with zero attached hydrogens (tertiary/aromatic N) is 1. The Morgan fingerprint density at radius 1 is 1.40 bits per heavy atom. The Labute approximate surface area is 120 Å². The van der Waals surface area contributed by atoms with Crippen LogP contribution >= 0.6 is 11.3 Å². The molecule has 104 valence electrons. The summed E-state index contributed by atoms with van der Waals surface area (Å²) in [6.45, 7) is 1.44. The predicted octanol–water partition coefficient (Wildman–Crippen LogP) is 2.50. The Morgan fingerprint density at radius 3 is 2.85 bits per heavy atom. The van der Waals surface area contributed by atoms with Crippen LogP contribution in [0.5, 0.6) is 0 Å². The number of nitrogen functional groups attached to an aromatic ring is 1. The third-order valence-corrected chi connectivity index (χ3v) is 3.46. The number of Topliss-reactive ketones (excluding diaryl/α,β-unsaturated/α-hetero) is 1. The van der Waals surface area contributed by atoms with Crippen LogP contribution in [-0.4, -0.2) is 16.7 Å². The molecule has 20 heavy (non-hydrogen) atoms. The molecule has 3 N–H and O–H groups in total. The predicted molar refractivity (Wildman–Crippen MR) is 79.9 cm³/mol. The number of nitrogens with two attached hydrogens (primary N) is 1. The molecule has 0 spiro atoms. The van der Waals surface area contributed by atoms with Crippen LogP contribution in [0.4, 0.5) is 10.8 Å². The van der Waals surface area contributed by atoms with Gasteiger partial charge in [0.25, 0.3) is 0 Å². The summed E-state index contributed by atoms with van der Waals surface area (Å²) in [7, 11) is 0. The van der Waals surface area contributed by atoms with Crippen LogP contribution in [0.3, 0.4) is 0 Å². The Bertz CT molecular complexity index is 637. The molecule has 0 saturated heterocycles. The van der Waals surface area contributed by atoms with Gasteiger partial charge in [-0.05, 0) is 24.1 Å². The standard InChI is InChI=1S/C14H15N3O2S/c1-9(18)12-8-20-14(16-12)17-13(19)6-5-10-3-2-4-11(15)7-10/h2-4,7-8H,5-6,15H2,1H3,(H,16,17,19). The maximum absolute atomic E-state index is 11.8. The van der Waals surface area contributed by atoms with E-state index in [0.717, 1.165) is 5.56 Å². The number of aryl methyl sites for hydroxylation is 1. The van der Waals surface area contributed by atoms with Crippen LogP contribution in [0.25, 0.3) is 0 Å². The first-order chi connectivity index (χ1) is 9.54. The molecule has 2 rings (SSSR count). The SMILES string of the molecule is CC(=O)c1csc(NC(=O)CCc2cccc(N)c2)n1. The maximum Gasteiger partial charge on any atom is 0.226 e. The van der Waals surface area contributed by atoms with Gasteiger partial charge in [0.05, 0.1) is 0 Å². The largest absolute Gasteiger partial charge is 0.399 e. The molecular weight excluding hydrogens is 274 g/mol. The number of hydrogen-bond acceptors (Lipinski definition) is 5. The lowest BCUT2D eigenvalue weighted by Crippen LogP contribution is -2.12. The molecule has 0 radical (unpaired) electrons. The summed E-state index contributed by atoms with van der Waals surface area (Å²) in [5, 5.41) is 4.77. The number of nitrogens with one attached hydrogen (secondary N) is 1. The van der Waals surface area contributed by atoms with Crippen molar-refractivity contribution >= 4 is 33.8 Å². The summed E-state index contributed by atoms with van der Waals surface area (Å²) >= 11 is 1.25. The smallest absolute Gasteiger partial charge is 0.226 e. The van der Waals surface area contributed by atoms with E-state index < -0.39 is 0 Å². The van der Waals surface area contributed by atoms with Gasteiger partial charge in [0, 0.05) is 24.4 Å². The molecule has 2 aromatic rings. The lowest BCUT2D eigenvalue weighted by atomic mass is 10.1. The average Bonchev–Trinajstić information content (AvgIpc) is 2.85. The minimum Gasteiger partial charge on any atom is -0.399 e. The molecule has 1 aromatic carbocycles. The summed E-state index contributed by atoms with van der Waals surface area (Å²) in [5.74, 6) is -0.238. The molecule has 0 aliphatic rings. The van der Waals surface area contributed by atoms with Gasteiger partial charge >= 0.3 is 0 Å². The number of rotatable bonds is 5. The van der Waals surface area contributed by atoms with Gasteiger partial charge in [-0.1, -0.05) is 12.1 Å². The van der Waals surface area contributed by atoms with E-state index in [0.29, 0.717) is 29.4 Å². The third kappa shape index (κ3) is 3.89.